The minimum absolute atomic E-state index is 0.712. The Hall–Kier alpha value is -0.0800. The molecule has 18 heavy (non-hydrogen) atoms. The molecule has 1 rings (SSSR count). The van der Waals surface area contributed by atoms with Gasteiger partial charge in [-0.3, -0.25) is 4.90 Å². The third kappa shape index (κ3) is 6.75. The summed E-state index contributed by atoms with van der Waals surface area (Å²) in [6, 6.07) is 1.46. The Kier molecular flexibility index (Phi) is 8.70. The second-order valence-electron chi connectivity index (χ2n) is 6.15. The maximum Gasteiger partial charge on any atom is 0.0195 e. The van der Waals surface area contributed by atoms with Crippen molar-refractivity contribution in [3.8, 4) is 0 Å². The molecule has 2 heteroatoms. The molecule has 108 valence electrons. The summed E-state index contributed by atoms with van der Waals surface area (Å²) in [6.07, 6.45) is 11.3. The molecule has 1 aliphatic rings. The zero-order chi connectivity index (χ0) is 13.2. The van der Waals surface area contributed by atoms with Crippen molar-refractivity contribution in [1.82, 2.24) is 10.2 Å². The van der Waals surface area contributed by atoms with E-state index in [2.05, 4.69) is 31.0 Å². The summed E-state index contributed by atoms with van der Waals surface area (Å²) < 4.78 is 0. The fourth-order valence-electron chi connectivity index (χ4n) is 2.86. The van der Waals surface area contributed by atoms with Crippen LogP contribution >= 0.6 is 0 Å². The van der Waals surface area contributed by atoms with Gasteiger partial charge in [0.05, 0.1) is 0 Å². The SMILES string of the molecule is CCCCCCCCCC1CN(C(C)C)CCN1. The average Bonchev–Trinajstić information content (AvgIpc) is 2.38. The van der Waals surface area contributed by atoms with E-state index in [1.807, 2.05) is 0 Å². The van der Waals surface area contributed by atoms with Crippen LogP contribution in [-0.2, 0) is 0 Å². The molecule has 1 N–H and O–H groups in total. The second kappa shape index (κ2) is 9.80. The van der Waals surface area contributed by atoms with Crippen molar-refractivity contribution in [1.29, 1.82) is 0 Å². The van der Waals surface area contributed by atoms with Gasteiger partial charge in [-0.25, -0.2) is 0 Å². The first kappa shape index (κ1) is 16.0. The summed E-state index contributed by atoms with van der Waals surface area (Å²) >= 11 is 0. The first-order valence-corrected chi connectivity index (χ1v) is 8.21. The van der Waals surface area contributed by atoms with Crippen LogP contribution in [0.1, 0.15) is 72.1 Å². The van der Waals surface area contributed by atoms with Gasteiger partial charge in [-0.05, 0) is 20.3 Å². The van der Waals surface area contributed by atoms with Crippen LogP contribution in [0.5, 0.6) is 0 Å². The summed E-state index contributed by atoms with van der Waals surface area (Å²) in [6.45, 7) is 10.6. The third-order valence-electron chi connectivity index (χ3n) is 4.17. The summed E-state index contributed by atoms with van der Waals surface area (Å²) in [4.78, 5) is 2.61. The van der Waals surface area contributed by atoms with E-state index in [0.29, 0.717) is 6.04 Å². The first-order chi connectivity index (χ1) is 8.74. The Labute approximate surface area is 115 Å². The monoisotopic (exact) mass is 254 g/mol. The molecule has 1 heterocycles. The Morgan fingerprint density at radius 1 is 1.06 bits per heavy atom. The zero-order valence-corrected chi connectivity index (χ0v) is 12.9. The minimum Gasteiger partial charge on any atom is -0.311 e. The molecule has 1 atom stereocenters. The molecule has 1 aliphatic heterocycles. The lowest BCUT2D eigenvalue weighted by molar-refractivity contribution is 0.156. The summed E-state index contributed by atoms with van der Waals surface area (Å²) in [7, 11) is 0. The smallest absolute Gasteiger partial charge is 0.0195 e. The number of hydrogen-bond donors (Lipinski definition) is 1. The van der Waals surface area contributed by atoms with E-state index in [4.69, 9.17) is 0 Å². The predicted molar refractivity (Wildman–Crippen MR) is 81.1 cm³/mol. The molecule has 1 unspecified atom stereocenters. The van der Waals surface area contributed by atoms with Gasteiger partial charge in [0.1, 0.15) is 0 Å². The quantitative estimate of drug-likeness (QED) is 0.629. The fourth-order valence-corrected chi connectivity index (χ4v) is 2.86. The Balaban J connectivity index is 1.98. The summed E-state index contributed by atoms with van der Waals surface area (Å²) in [5, 5.41) is 3.67. The number of piperazine rings is 1. The van der Waals surface area contributed by atoms with E-state index in [-0.39, 0.29) is 0 Å². The predicted octanol–water partition coefficient (Wildman–Crippen LogP) is 3.81. The standard InChI is InChI=1S/C16H34N2/c1-4-5-6-7-8-9-10-11-16-14-18(15(2)3)13-12-17-16/h15-17H,4-14H2,1-3H3. The van der Waals surface area contributed by atoms with Crippen LogP contribution in [0.3, 0.4) is 0 Å². The van der Waals surface area contributed by atoms with Gasteiger partial charge in [0.25, 0.3) is 0 Å². The van der Waals surface area contributed by atoms with E-state index < -0.39 is 0 Å². The molecule has 0 amide bonds. The van der Waals surface area contributed by atoms with Gasteiger partial charge in [-0.15, -0.1) is 0 Å². The summed E-state index contributed by atoms with van der Waals surface area (Å²) in [5.41, 5.74) is 0. The summed E-state index contributed by atoms with van der Waals surface area (Å²) in [5.74, 6) is 0. The van der Waals surface area contributed by atoms with Crippen LogP contribution in [-0.4, -0.2) is 36.6 Å². The van der Waals surface area contributed by atoms with E-state index in [1.54, 1.807) is 0 Å². The molecular formula is C16H34N2. The topological polar surface area (TPSA) is 15.3 Å². The van der Waals surface area contributed by atoms with Crippen LogP contribution < -0.4 is 5.32 Å². The van der Waals surface area contributed by atoms with E-state index in [0.717, 1.165) is 6.04 Å². The molecule has 0 bridgehead atoms. The highest BCUT2D eigenvalue weighted by Crippen LogP contribution is 2.12. The third-order valence-corrected chi connectivity index (χ3v) is 4.17. The fraction of sp³-hybridized carbons (Fsp3) is 1.00. The molecule has 0 saturated carbocycles. The van der Waals surface area contributed by atoms with Crippen molar-refractivity contribution in [2.75, 3.05) is 19.6 Å². The number of unbranched alkanes of at least 4 members (excludes halogenated alkanes) is 6. The largest absolute Gasteiger partial charge is 0.311 e. The molecule has 0 aromatic carbocycles. The van der Waals surface area contributed by atoms with Gasteiger partial charge in [0, 0.05) is 31.7 Å². The molecule has 0 radical (unpaired) electrons. The molecular weight excluding hydrogens is 220 g/mol. The molecule has 1 saturated heterocycles. The first-order valence-electron chi connectivity index (χ1n) is 8.21. The molecule has 0 aromatic heterocycles. The maximum absolute atomic E-state index is 3.67. The van der Waals surface area contributed by atoms with Gasteiger partial charge in [0.2, 0.25) is 0 Å². The van der Waals surface area contributed by atoms with Crippen LogP contribution in [0.4, 0.5) is 0 Å². The van der Waals surface area contributed by atoms with Gasteiger partial charge in [0.15, 0.2) is 0 Å². The van der Waals surface area contributed by atoms with Crippen LogP contribution in [0.15, 0.2) is 0 Å². The highest BCUT2D eigenvalue weighted by molar-refractivity contribution is 4.80. The van der Waals surface area contributed by atoms with Gasteiger partial charge >= 0.3 is 0 Å². The van der Waals surface area contributed by atoms with Crippen molar-refractivity contribution in [3.63, 3.8) is 0 Å². The second-order valence-corrected chi connectivity index (χ2v) is 6.15. The normalized spacial score (nSPS) is 21.7. The molecule has 0 spiro atoms. The number of nitrogens with one attached hydrogen (secondary N) is 1. The number of rotatable bonds is 9. The van der Waals surface area contributed by atoms with Crippen molar-refractivity contribution >= 4 is 0 Å². The van der Waals surface area contributed by atoms with E-state index in [1.165, 1.54) is 71.0 Å². The van der Waals surface area contributed by atoms with Crippen molar-refractivity contribution in [2.45, 2.75) is 84.2 Å². The van der Waals surface area contributed by atoms with Crippen LogP contribution in [0.25, 0.3) is 0 Å². The van der Waals surface area contributed by atoms with E-state index >= 15 is 0 Å². The molecule has 0 aliphatic carbocycles. The Morgan fingerprint density at radius 3 is 2.39 bits per heavy atom. The Morgan fingerprint density at radius 2 is 1.72 bits per heavy atom. The molecule has 1 fully saturated rings. The Bertz CT molecular complexity index is 192. The highest BCUT2D eigenvalue weighted by Gasteiger charge is 2.20. The lowest BCUT2D eigenvalue weighted by Gasteiger charge is -2.36. The van der Waals surface area contributed by atoms with Gasteiger partial charge in [-0.1, -0.05) is 51.9 Å². The van der Waals surface area contributed by atoms with Crippen LogP contribution in [0, 0.1) is 0 Å². The maximum atomic E-state index is 3.67. The van der Waals surface area contributed by atoms with Crippen LogP contribution in [0.2, 0.25) is 0 Å². The lowest BCUT2D eigenvalue weighted by Crippen LogP contribution is -2.52. The van der Waals surface area contributed by atoms with Crippen molar-refractivity contribution in [3.05, 3.63) is 0 Å². The van der Waals surface area contributed by atoms with Gasteiger partial charge < -0.3 is 5.32 Å². The highest BCUT2D eigenvalue weighted by atomic mass is 15.2. The average molecular weight is 254 g/mol. The van der Waals surface area contributed by atoms with Crippen molar-refractivity contribution in [2.24, 2.45) is 0 Å². The van der Waals surface area contributed by atoms with Crippen molar-refractivity contribution < 1.29 is 0 Å². The molecule has 0 aromatic rings. The minimum atomic E-state index is 0.712. The number of hydrogen-bond acceptors (Lipinski definition) is 2. The van der Waals surface area contributed by atoms with E-state index in [9.17, 15) is 0 Å². The molecule has 2 nitrogen and oxygen atoms in total. The zero-order valence-electron chi connectivity index (χ0n) is 12.9. The lowest BCUT2D eigenvalue weighted by atomic mass is 10.0. The number of nitrogens with zero attached hydrogens (tertiary/aromatic N) is 1. The van der Waals surface area contributed by atoms with Gasteiger partial charge in [-0.2, -0.15) is 0 Å².